The fourth-order valence-electron chi connectivity index (χ4n) is 6.28. The van der Waals surface area contributed by atoms with E-state index in [0.29, 0.717) is 0 Å². The summed E-state index contributed by atoms with van der Waals surface area (Å²) < 4.78 is 12.2. The molecular weight excluding hydrogens is 518 g/mol. The van der Waals surface area contributed by atoms with Gasteiger partial charge in [0.1, 0.15) is 11.5 Å². The summed E-state index contributed by atoms with van der Waals surface area (Å²) in [5.74, 6) is 1.98. The van der Waals surface area contributed by atoms with E-state index in [1.54, 1.807) is 7.11 Å². The Morgan fingerprint density at radius 2 is 1.36 bits per heavy atom. The van der Waals surface area contributed by atoms with Gasteiger partial charge in [-0.2, -0.15) is 0 Å². The molecule has 224 valence electrons. The lowest BCUT2D eigenvalue weighted by molar-refractivity contribution is 0.170. The molecule has 0 amide bonds. The number of allylic oxidation sites excluding steroid dienone is 1. The number of nitrogens with zero attached hydrogens (tertiary/aromatic N) is 2. The molecule has 1 aliphatic heterocycles. The van der Waals surface area contributed by atoms with Crippen molar-refractivity contribution in [1.82, 2.24) is 5.32 Å². The summed E-state index contributed by atoms with van der Waals surface area (Å²) in [5, 5.41) is 3.97. The number of benzene rings is 3. The Labute approximate surface area is 253 Å². The van der Waals surface area contributed by atoms with Crippen molar-refractivity contribution in [2.75, 3.05) is 49.7 Å². The smallest absolute Gasteiger partial charge is 0.133 e. The van der Waals surface area contributed by atoms with Gasteiger partial charge in [0.15, 0.2) is 0 Å². The minimum Gasteiger partial charge on any atom is -0.457 e. The molecule has 1 fully saturated rings. The normalized spacial score (nSPS) is 14.1. The third kappa shape index (κ3) is 6.17. The summed E-state index contributed by atoms with van der Waals surface area (Å²) in [7, 11) is 1.78. The summed E-state index contributed by atoms with van der Waals surface area (Å²) in [6.07, 6.45) is 3.24. The van der Waals surface area contributed by atoms with Crippen molar-refractivity contribution in [3.05, 3.63) is 88.5 Å². The molecular formula is C37H49N3O2. The monoisotopic (exact) mass is 567 g/mol. The van der Waals surface area contributed by atoms with Crippen molar-refractivity contribution in [3.63, 3.8) is 0 Å². The number of hydrogen-bond acceptors (Lipinski definition) is 5. The highest BCUT2D eigenvalue weighted by Gasteiger charge is 2.34. The Kier molecular flexibility index (Phi) is 9.17. The minimum absolute atomic E-state index is 0.0645. The van der Waals surface area contributed by atoms with Crippen LogP contribution in [0.3, 0.4) is 0 Å². The van der Waals surface area contributed by atoms with Gasteiger partial charge in [0.25, 0.3) is 0 Å². The first-order valence-electron chi connectivity index (χ1n) is 15.9. The molecule has 1 heterocycles. The van der Waals surface area contributed by atoms with Crippen LogP contribution >= 0.6 is 0 Å². The molecule has 1 saturated carbocycles. The fraction of sp³-hybridized carbons (Fsp3) is 0.459. The molecule has 0 bridgehead atoms. The number of ether oxygens (including phenoxy) is 2. The van der Waals surface area contributed by atoms with Gasteiger partial charge >= 0.3 is 0 Å². The van der Waals surface area contributed by atoms with Crippen molar-refractivity contribution in [2.45, 2.75) is 72.3 Å². The van der Waals surface area contributed by atoms with Crippen LogP contribution in [-0.2, 0) is 4.74 Å². The Morgan fingerprint density at radius 3 is 1.86 bits per heavy atom. The number of fused-ring (bicyclic) bond motifs is 2. The average molecular weight is 568 g/mol. The highest BCUT2D eigenvalue weighted by atomic mass is 16.5. The second-order valence-corrected chi connectivity index (χ2v) is 12.1. The summed E-state index contributed by atoms with van der Waals surface area (Å²) in [6.45, 7) is 18.0. The summed E-state index contributed by atoms with van der Waals surface area (Å²) in [6, 6.07) is 22.6. The van der Waals surface area contributed by atoms with Crippen LogP contribution in [0.2, 0.25) is 0 Å². The van der Waals surface area contributed by atoms with Gasteiger partial charge in [-0.3, -0.25) is 0 Å². The van der Waals surface area contributed by atoms with Crippen LogP contribution in [0.25, 0.3) is 5.70 Å². The third-order valence-electron chi connectivity index (χ3n) is 8.88. The molecule has 1 N–H and O–H groups in total. The van der Waals surface area contributed by atoms with E-state index in [-0.39, 0.29) is 11.5 Å². The highest BCUT2D eigenvalue weighted by molar-refractivity contribution is 5.76. The lowest BCUT2D eigenvalue weighted by Crippen LogP contribution is -2.39. The van der Waals surface area contributed by atoms with E-state index in [0.717, 1.165) is 63.5 Å². The van der Waals surface area contributed by atoms with Gasteiger partial charge in [-0.15, -0.1) is 0 Å². The van der Waals surface area contributed by atoms with Gasteiger partial charge in [0, 0.05) is 97.2 Å². The first-order chi connectivity index (χ1) is 20.3. The number of anilines is 2. The topological polar surface area (TPSA) is 37.0 Å². The Balaban J connectivity index is 1.66. The van der Waals surface area contributed by atoms with E-state index in [4.69, 9.17) is 9.47 Å². The molecule has 2 aliphatic rings. The van der Waals surface area contributed by atoms with Crippen LogP contribution in [0.5, 0.6) is 11.5 Å². The average Bonchev–Trinajstić information content (AvgIpc) is 3.85. The van der Waals surface area contributed by atoms with Gasteiger partial charge in [-0.25, -0.2) is 0 Å². The second kappa shape index (κ2) is 12.8. The van der Waals surface area contributed by atoms with Crippen molar-refractivity contribution in [3.8, 4) is 11.5 Å². The molecule has 5 nitrogen and oxygen atoms in total. The van der Waals surface area contributed by atoms with Gasteiger partial charge in [-0.1, -0.05) is 36.4 Å². The molecule has 0 spiro atoms. The van der Waals surface area contributed by atoms with Crippen LogP contribution in [-0.4, -0.2) is 45.4 Å². The van der Waals surface area contributed by atoms with Crippen LogP contribution < -0.4 is 19.9 Å². The lowest BCUT2D eigenvalue weighted by atomic mass is 9.79. The van der Waals surface area contributed by atoms with E-state index in [2.05, 4.69) is 117 Å². The molecule has 0 radical (unpaired) electrons. The van der Waals surface area contributed by atoms with E-state index < -0.39 is 0 Å². The Morgan fingerprint density at radius 1 is 0.810 bits per heavy atom. The minimum atomic E-state index is -0.0864. The van der Waals surface area contributed by atoms with Crippen LogP contribution in [0.15, 0.2) is 66.2 Å². The summed E-state index contributed by atoms with van der Waals surface area (Å²) in [5.41, 5.74) is 10.2. The van der Waals surface area contributed by atoms with Crippen LogP contribution in [0.4, 0.5) is 11.4 Å². The zero-order valence-corrected chi connectivity index (χ0v) is 26.7. The summed E-state index contributed by atoms with van der Waals surface area (Å²) >= 11 is 0. The van der Waals surface area contributed by atoms with Crippen LogP contribution in [0.1, 0.15) is 89.0 Å². The van der Waals surface area contributed by atoms with Crippen molar-refractivity contribution >= 4 is 17.1 Å². The van der Waals surface area contributed by atoms with Gasteiger partial charge < -0.3 is 24.6 Å². The maximum absolute atomic E-state index is 6.78. The lowest BCUT2D eigenvalue weighted by Gasteiger charge is -2.34. The van der Waals surface area contributed by atoms with Crippen molar-refractivity contribution in [2.24, 2.45) is 0 Å². The molecule has 3 aromatic carbocycles. The molecule has 0 saturated heterocycles. The second-order valence-electron chi connectivity index (χ2n) is 12.1. The molecule has 42 heavy (non-hydrogen) atoms. The number of hydrogen-bond donors (Lipinski definition) is 1. The van der Waals surface area contributed by atoms with Crippen molar-refractivity contribution in [1.29, 1.82) is 0 Å². The molecule has 1 aliphatic carbocycles. The molecule has 5 heteroatoms. The Bertz CT molecular complexity index is 1350. The predicted octanol–water partition coefficient (Wildman–Crippen LogP) is 8.57. The maximum Gasteiger partial charge on any atom is 0.133 e. The third-order valence-corrected chi connectivity index (χ3v) is 8.88. The van der Waals surface area contributed by atoms with Gasteiger partial charge in [0.2, 0.25) is 0 Å². The number of nitrogens with one attached hydrogen (secondary N) is 1. The number of methoxy groups -OCH3 is 1. The Hall–Kier alpha value is -3.44. The molecule has 5 rings (SSSR count). The zero-order chi connectivity index (χ0) is 29.9. The van der Waals surface area contributed by atoms with Gasteiger partial charge in [0.05, 0.1) is 0 Å². The molecule has 0 aromatic heterocycles. The quantitative estimate of drug-likeness (QED) is 0.175. The first-order valence-corrected chi connectivity index (χ1v) is 15.9. The first kappa shape index (κ1) is 30.0. The molecule has 0 atom stereocenters. The largest absolute Gasteiger partial charge is 0.457 e. The van der Waals surface area contributed by atoms with E-state index >= 15 is 0 Å². The fourth-order valence-corrected chi connectivity index (χ4v) is 6.28. The van der Waals surface area contributed by atoms with E-state index in [1.807, 2.05) is 0 Å². The van der Waals surface area contributed by atoms with E-state index in [9.17, 15) is 0 Å². The standard InChI is InChI=1S/C37H49N3O2/c1-8-39(9-2)27-18-20-31-33(24-27)42-34-25-28(40(10-3)11-4)19-21-32(34)35(31)29-14-12-13-15-30(29)36(26-16-17-26)38-37(5,6)22-23-41-7/h12-15,18-21,24-25,35,38H,8-11,16-17,22-23H2,1-7H3. The highest BCUT2D eigenvalue weighted by Crippen LogP contribution is 2.51. The maximum atomic E-state index is 6.78. The van der Waals surface area contributed by atoms with Crippen molar-refractivity contribution < 1.29 is 9.47 Å². The van der Waals surface area contributed by atoms with Crippen LogP contribution in [0, 0.1) is 0 Å². The summed E-state index contributed by atoms with van der Waals surface area (Å²) in [4.78, 5) is 4.77. The SMILES string of the molecule is CCN(CC)c1ccc2c(c1)Oc1cc(N(CC)CC)ccc1C2c1ccccc1C(NC(C)(C)CCOC)=C1CC1. The number of rotatable bonds is 13. The van der Waals surface area contributed by atoms with Gasteiger partial charge in [-0.05, 0) is 84.1 Å². The molecule has 0 unspecified atom stereocenters. The zero-order valence-electron chi connectivity index (χ0n) is 26.7. The van der Waals surface area contributed by atoms with E-state index in [1.165, 1.54) is 44.9 Å². The predicted molar refractivity (Wildman–Crippen MR) is 177 cm³/mol. The molecule has 3 aromatic rings.